The quantitative estimate of drug-likeness (QED) is 0.755. The van der Waals surface area contributed by atoms with Gasteiger partial charge in [0.15, 0.2) is 6.61 Å². The van der Waals surface area contributed by atoms with Gasteiger partial charge in [0.2, 0.25) is 15.9 Å². The average molecular weight is 445 g/mol. The van der Waals surface area contributed by atoms with Gasteiger partial charge >= 0.3 is 0 Å². The molecule has 10 heteroatoms. The Kier molecular flexibility index (Phi) is 5.92. The van der Waals surface area contributed by atoms with Gasteiger partial charge < -0.3 is 10.1 Å². The number of rotatable bonds is 5. The fourth-order valence-corrected chi connectivity index (χ4v) is 5.18. The van der Waals surface area contributed by atoms with E-state index < -0.39 is 21.8 Å². The first-order chi connectivity index (χ1) is 14.8. The van der Waals surface area contributed by atoms with Gasteiger partial charge in [0, 0.05) is 19.3 Å². The number of aryl methyl sites for hydroxylation is 1. The third-order valence-corrected chi connectivity index (χ3v) is 7.20. The summed E-state index contributed by atoms with van der Waals surface area (Å²) in [4.78, 5) is 30.5. The van der Waals surface area contributed by atoms with Crippen LogP contribution in [0.25, 0.3) is 0 Å². The highest BCUT2D eigenvalue weighted by Gasteiger charge is 2.31. The van der Waals surface area contributed by atoms with Crippen molar-refractivity contribution in [2.24, 2.45) is 0 Å². The molecule has 2 aromatic rings. The summed E-state index contributed by atoms with van der Waals surface area (Å²) in [6.07, 6.45) is 4.29. The number of anilines is 2. The molecular formula is C21H24N4O5S. The minimum absolute atomic E-state index is 0.0806. The lowest BCUT2D eigenvalue weighted by atomic mass is 10.2. The van der Waals surface area contributed by atoms with Crippen LogP contribution in [0.2, 0.25) is 0 Å². The molecule has 1 aromatic carbocycles. The number of piperidine rings is 1. The van der Waals surface area contributed by atoms with Crippen LogP contribution in [0.4, 0.5) is 11.5 Å². The van der Waals surface area contributed by atoms with Crippen molar-refractivity contribution in [3.05, 3.63) is 42.1 Å². The molecule has 9 nitrogen and oxygen atoms in total. The number of nitrogens with one attached hydrogen (secondary N) is 1. The van der Waals surface area contributed by atoms with Gasteiger partial charge in [0.1, 0.15) is 18.1 Å². The van der Waals surface area contributed by atoms with Crippen molar-refractivity contribution in [1.29, 1.82) is 0 Å². The van der Waals surface area contributed by atoms with Crippen molar-refractivity contribution in [1.82, 2.24) is 9.29 Å². The lowest BCUT2D eigenvalue weighted by Crippen LogP contribution is -2.43. The van der Waals surface area contributed by atoms with E-state index in [4.69, 9.17) is 4.74 Å². The van der Waals surface area contributed by atoms with Crippen LogP contribution in [0, 0.1) is 6.92 Å². The highest BCUT2D eigenvalue weighted by molar-refractivity contribution is 7.89. The first kappa shape index (κ1) is 21.3. The number of ether oxygens (including phenoxy) is 1. The van der Waals surface area contributed by atoms with Crippen LogP contribution in [0.1, 0.15) is 24.8 Å². The Morgan fingerprint density at radius 1 is 1.16 bits per heavy atom. The molecular weight excluding hydrogens is 420 g/mol. The van der Waals surface area contributed by atoms with E-state index in [1.54, 1.807) is 12.3 Å². The van der Waals surface area contributed by atoms with Crippen molar-refractivity contribution in [3.63, 3.8) is 0 Å². The molecule has 4 rings (SSSR count). The Balaban J connectivity index is 1.58. The van der Waals surface area contributed by atoms with Gasteiger partial charge in [-0.15, -0.1) is 0 Å². The number of fused-ring (bicyclic) bond motifs is 1. The molecule has 0 unspecified atom stereocenters. The van der Waals surface area contributed by atoms with Gasteiger partial charge in [-0.05, 0) is 49.6 Å². The second kappa shape index (κ2) is 8.64. The zero-order valence-electron chi connectivity index (χ0n) is 17.2. The fourth-order valence-electron chi connectivity index (χ4n) is 3.64. The zero-order valence-corrected chi connectivity index (χ0v) is 18.0. The minimum atomic E-state index is -3.69. The third kappa shape index (κ3) is 4.54. The van der Waals surface area contributed by atoms with Crippen molar-refractivity contribution in [2.45, 2.75) is 31.1 Å². The average Bonchev–Trinajstić information content (AvgIpc) is 2.77. The maximum Gasteiger partial charge on any atom is 0.265 e. The summed E-state index contributed by atoms with van der Waals surface area (Å²) in [7, 11) is -3.69. The standard InChI is InChI=1S/C21H24N4O5S/c1-15-5-8-19(22-12-15)23-20(26)13-25-17-11-16(6-7-18(17)30-14-21(25)27)31(28,29)24-9-3-2-4-10-24/h5-8,11-12H,2-4,9-10,13-14H2,1H3,(H,22,23,26). The molecule has 164 valence electrons. The van der Waals surface area contributed by atoms with Gasteiger partial charge in [-0.25, -0.2) is 13.4 Å². The van der Waals surface area contributed by atoms with Crippen LogP contribution < -0.4 is 15.0 Å². The lowest BCUT2D eigenvalue weighted by Gasteiger charge is -2.30. The largest absolute Gasteiger partial charge is 0.482 e. The van der Waals surface area contributed by atoms with Gasteiger partial charge in [-0.2, -0.15) is 4.31 Å². The van der Waals surface area contributed by atoms with Gasteiger partial charge in [0.25, 0.3) is 5.91 Å². The molecule has 1 saturated heterocycles. The predicted octanol–water partition coefficient (Wildman–Crippen LogP) is 1.93. The summed E-state index contributed by atoms with van der Waals surface area (Å²) in [6, 6.07) is 7.91. The van der Waals surface area contributed by atoms with Crippen LogP contribution in [-0.4, -0.2) is 55.8 Å². The number of carbonyl (C=O) groups excluding carboxylic acids is 2. The normalized spacial score (nSPS) is 17.1. The van der Waals surface area contributed by atoms with Crippen LogP contribution in [0.15, 0.2) is 41.4 Å². The van der Waals surface area contributed by atoms with E-state index in [9.17, 15) is 18.0 Å². The molecule has 1 aromatic heterocycles. The SMILES string of the molecule is Cc1ccc(NC(=O)CN2C(=O)COc3ccc(S(=O)(=O)N4CCCCC4)cc32)nc1. The van der Waals surface area contributed by atoms with Gasteiger partial charge in [0.05, 0.1) is 10.6 Å². The molecule has 1 fully saturated rings. The highest BCUT2D eigenvalue weighted by Crippen LogP contribution is 2.35. The molecule has 2 aliphatic heterocycles. The maximum absolute atomic E-state index is 13.0. The number of carbonyl (C=O) groups is 2. The number of pyridine rings is 1. The minimum Gasteiger partial charge on any atom is -0.482 e. The molecule has 0 radical (unpaired) electrons. The van der Waals surface area contributed by atoms with Crippen LogP contribution in [-0.2, 0) is 19.6 Å². The smallest absolute Gasteiger partial charge is 0.265 e. The number of aromatic nitrogens is 1. The number of benzene rings is 1. The van der Waals surface area contributed by atoms with Gasteiger partial charge in [-0.3, -0.25) is 14.5 Å². The second-order valence-corrected chi connectivity index (χ2v) is 9.57. The summed E-state index contributed by atoms with van der Waals surface area (Å²) in [5.74, 6) is -0.134. The van der Waals surface area contributed by atoms with Gasteiger partial charge in [-0.1, -0.05) is 12.5 Å². The van der Waals surface area contributed by atoms with E-state index in [1.807, 2.05) is 13.0 Å². The Morgan fingerprint density at radius 2 is 1.94 bits per heavy atom. The molecule has 3 heterocycles. The van der Waals surface area contributed by atoms with E-state index in [-0.39, 0.29) is 23.7 Å². The van der Waals surface area contributed by atoms with E-state index in [0.717, 1.165) is 24.8 Å². The van der Waals surface area contributed by atoms with Crippen molar-refractivity contribution in [3.8, 4) is 5.75 Å². The Labute approximate surface area is 181 Å². The molecule has 31 heavy (non-hydrogen) atoms. The molecule has 1 N–H and O–H groups in total. The number of hydrogen-bond acceptors (Lipinski definition) is 6. The van der Waals surface area contributed by atoms with Crippen LogP contribution >= 0.6 is 0 Å². The van der Waals surface area contributed by atoms with Crippen molar-refractivity contribution < 1.29 is 22.7 Å². The monoisotopic (exact) mass is 444 g/mol. The number of sulfonamides is 1. The number of amides is 2. The maximum atomic E-state index is 13.0. The topological polar surface area (TPSA) is 109 Å². The lowest BCUT2D eigenvalue weighted by molar-refractivity contribution is -0.123. The molecule has 0 spiro atoms. The van der Waals surface area contributed by atoms with Crippen molar-refractivity contribution in [2.75, 3.05) is 36.5 Å². The predicted molar refractivity (Wildman–Crippen MR) is 115 cm³/mol. The third-order valence-electron chi connectivity index (χ3n) is 5.31. The second-order valence-electron chi connectivity index (χ2n) is 7.63. The highest BCUT2D eigenvalue weighted by atomic mass is 32.2. The molecule has 0 atom stereocenters. The molecule has 0 saturated carbocycles. The van der Waals surface area contributed by atoms with Crippen LogP contribution in [0.3, 0.4) is 0 Å². The van der Waals surface area contributed by atoms with Crippen LogP contribution in [0.5, 0.6) is 5.75 Å². The molecule has 2 amide bonds. The summed E-state index contributed by atoms with van der Waals surface area (Å²) in [5, 5.41) is 2.65. The fraction of sp³-hybridized carbons (Fsp3) is 0.381. The summed E-state index contributed by atoms with van der Waals surface area (Å²) in [6.45, 7) is 2.34. The summed E-state index contributed by atoms with van der Waals surface area (Å²) in [5.41, 5.74) is 1.22. The zero-order chi connectivity index (χ0) is 22.0. The summed E-state index contributed by atoms with van der Waals surface area (Å²) >= 11 is 0. The Hall–Kier alpha value is -2.98. The Morgan fingerprint density at radius 3 is 2.65 bits per heavy atom. The Bertz CT molecular complexity index is 1100. The number of nitrogens with zero attached hydrogens (tertiary/aromatic N) is 3. The van der Waals surface area contributed by atoms with E-state index in [2.05, 4.69) is 10.3 Å². The molecule has 2 aliphatic rings. The van der Waals surface area contributed by atoms with Crippen molar-refractivity contribution >= 4 is 33.3 Å². The first-order valence-electron chi connectivity index (χ1n) is 10.1. The molecule has 0 aliphatic carbocycles. The van der Waals surface area contributed by atoms with E-state index in [1.165, 1.54) is 27.4 Å². The van der Waals surface area contributed by atoms with E-state index in [0.29, 0.717) is 24.7 Å². The molecule has 0 bridgehead atoms. The number of hydrogen-bond donors (Lipinski definition) is 1. The summed E-state index contributed by atoms with van der Waals surface area (Å²) < 4.78 is 33.0. The first-order valence-corrected chi connectivity index (χ1v) is 11.6. The van der Waals surface area contributed by atoms with E-state index >= 15 is 0 Å².